The van der Waals surface area contributed by atoms with Gasteiger partial charge in [0.25, 0.3) is 0 Å². The normalized spacial score (nSPS) is 16.7. The standard InChI is InChI=1S/C21H27FN2O3S/c1-16-10-11-17(22)14-21(16)28(25,26)23-15-19(24-12-6-3-7-13-24)18-8-4-5-9-20(18)27-2/h4-5,8-11,14,19,23H,3,6-7,12-13,15H2,1-2H3. The zero-order valence-corrected chi connectivity index (χ0v) is 17.1. The molecule has 2 aromatic rings. The van der Waals surface area contributed by atoms with Gasteiger partial charge in [-0.15, -0.1) is 0 Å². The highest BCUT2D eigenvalue weighted by Gasteiger charge is 2.27. The molecule has 1 saturated heterocycles. The van der Waals surface area contributed by atoms with Gasteiger partial charge in [0, 0.05) is 12.1 Å². The lowest BCUT2D eigenvalue weighted by Gasteiger charge is -2.35. The van der Waals surface area contributed by atoms with Crippen molar-refractivity contribution in [2.75, 3.05) is 26.7 Å². The summed E-state index contributed by atoms with van der Waals surface area (Å²) in [6.07, 6.45) is 3.35. The van der Waals surface area contributed by atoms with Crippen LogP contribution in [0.1, 0.15) is 36.4 Å². The molecule has 1 N–H and O–H groups in total. The number of hydrogen-bond donors (Lipinski definition) is 1. The van der Waals surface area contributed by atoms with Crippen molar-refractivity contribution in [3.05, 3.63) is 59.4 Å². The van der Waals surface area contributed by atoms with Crippen LogP contribution in [-0.2, 0) is 10.0 Å². The first-order valence-corrected chi connectivity index (χ1v) is 11.0. The van der Waals surface area contributed by atoms with Gasteiger partial charge in [0.2, 0.25) is 10.0 Å². The summed E-state index contributed by atoms with van der Waals surface area (Å²) >= 11 is 0. The molecule has 1 fully saturated rings. The van der Waals surface area contributed by atoms with Gasteiger partial charge in [-0.1, -0.05) is 30.7 Å². The maximum Gasteiger partial charge on any atom is 0.240 e. The van der Waals surface area contributed by atoms with E-state index in [4.69, 9.17) is 4.74 Å². The molecule has 3 rings (SSSR count). The molecule has 0 radical (unpaired) electrons. The second-order valence-corrected chi connectivity index (χ2v) is 8.85. The first-order valence-electron chi connectivity index (χ1n) is 9.55. The summed E-state index contributed by atoms with van der Waals surface area (Å²) in [6, 6.07) is 11.3. The van der Waals surface area contributed by atoms with E-state index in [1.165, 1.54) is 18.6 Å². The van der Waals surface area contributed by atoms with Crippen molar-refractivity contribution in [2.24, 2.45) is 0 Å². The Morgan fingerprint density at radius 1 is 1.14 bits per heavy atom. The maximum absolute atomic E-state index is 13.6. The summed E-state index contributed by atoms with van der Waals surface area (Å²) in [5.41, 5.74) is 1.46. The third kappa shape index (κ3) is 4.71. The molecule has 7 heteroatoms. The van der Waals surface area contributed by atoms with Gasteiger partial charge in [-0.25, -0.2) is 17.5 Å². The van der Waals surface area contributed by atoms with Gasteiger partial charge in [0.1, 0.15) is 11.6 Å². The largest absolute Gasteiger partial charge is 0.496 e. The lowest BCUT2D eigenvalue weighted by atomic mass is 10.0. The molecule has 1 aliphatic heterocycles. The summed E-state index contributed by atoms with van der Waals surface area (Å²) in [4.78, 5) is 2.27. The number of methoxy groups -OCH3 is 1. The quantitative estimate of drug-likeness (QED) is 0.763. The third-order valence-electron chi connectivity index (χ3n) is 5.24. The van der Waals surface area contributed by atoms with Crippen LogP contribution >= 0.6 is 0 Å². The Kier molecular flexibility index (Phi) is 6.69. The fourth-order valence-corrected chi connectivity index (χ4v) is 5.03. The van der Waals surface area contributed by atoms with Gasteiger partial charge in [0.05, 0.1) is 18.0 Å². The molecule has 0 bridgehead atoms. The number of aryl methyl sites for hydroxylation is 1. The first kappa shape index (κ1) is 20.8. The number of sulfonamides is 1. The number of likely N-dealkylation sites (tertiary alicyclic amines) is 1. The molecule has 1 aliphatic rings. The van der Waals surface area contributed by atoms with Gasteiger partial charge < -0.3 is 4.74 Å². The minimum Gasteiger partial charge on any atom is -0.496 e. The van der Waals surface area contributed by atoms with Crippen LogP contribution in [0.2, 0.25) is 0 Å². The van der Waals surface area contributed by atoms with E-state index < -0.39 is 15.8 Å². The molecule has 5 nitrogen and oxygen atoms in total. The summed E-state index contributed by atoms with van der Waals surface area (Å²) in [6.45, 7) is 3.67. The van der Waals surface area contributed by atoms with Crippen molar-refractivity contribution in [1.29, 1.82) is 0 Å². The predicted octanol–water partition coefficient (Wildman–Crippen LogP) is 3.65. The highest BCUT2D eigenvalue weighted by atomic mass is 32.2. The number of para-hydroxylation sites is 1. The third-order valence-corrected chi connectivity index (χ3v) is 6.80. The van der Waals surface area contributed by atoms with Crippen LogP contribution in [0, 0.1) is 12.7 Å². The number of rotatable bonds is 7. The molecule has 0 aromatic heterocycles. The Hall–Kier alpha value is -1.96. The van der Waals surface area contributed by atoms with E-state index >= 15 is 0 Å². The molecule has 0 saturated carbocycles. The van der Waals surface area contributed by atoms with Crippen molar-refractivity contribution >= 4 is 10.0 Å². The monoisotopic (exact) mass is 406 g/mol. The highest BCUT2D eigenvalue weighted by molar-refractivity contribution is 7.89. The van der Waals surface area contributed by atoms with Crippen LogP contribution in [0.3, 0.4) is 0 Å². The molecule has 1 heterocycles. The minimum atomic E-state index is -3.83. The molecule has 0 amide bonds. The van der Waals surface area contributed by atoms with Crippen molar-refractivity contribution < 1.29 is 17.5 Å². The van der Waals surface area contributed by atoms with E-state index in [0.29, 0.717) is 5.56 Å². The molecule has 28 heavy (non-hydrogen) atoms. The maximum atomic E-state index is 13.6. The Labute approximate surface area is 166 Å². The van der Waals surface area contributed by atoms with Gasteiger partial charge in [0.15, 0.2) is 0 Å². The SMILES string of the molecule is COc1ccccc1C(CNS(=O)(=O)c1cc(F)ccc1C)N1CCCCC1. The van der Waals surface area contributed by atoms with E-state index in [0.717, 1.165) is 43.3 Å². The van der Waals surface area contributed by atoms with Crippen molar-refractivity contribution in [3.63, 3.8) is 0 Å². The summed E-state index contributed by atoms with van der Waals surface area (Å²) in [5, 5.41) is 0. The predicted molar refractivity (Wildman–Crippen MR) is 107 cm³/mol. The minimum absolute atomic E-state index is 0.0232. The van der Waals surface area contributed by atoms with E-state index in [-0.39, 0.29) is 17.5 Å². The fraction of sp³-hybridized carbons (Fsp3) is 0.429. The van der Waals surface area contributed by atoms with E-state index in [1.807, 2.05) is 24.3 Å². The Morgan fingerprint density at radius 2 is 1.86 bits per heavy atom. The Bertz CT molecular complexity index is 912. The highest BCUT2D eigenvalue weighted by Crippen LogP contribution is 2.31. The lowest BCUT2D eigenvalue weighted by molar-refractivity contribution is 0.162. The second-order valence-electron chi connectivity index (χ2n) is 7.12. The number of nitrogens with one attached hydrogen (secondary N) is 1. The average Bonchev–Trinajstić information content (AvgIpc) is 2.71. The molecule has 2 aromatic carbocycles. The molecule has 1 atom stereocenters. The van der Waals surface area contributed by atoms with Crippen LogP contribution in [0.25, 0.3) is 0 Å². The van der Waals surface area contributed by atoms with Crippen molar-refractivity contribution in [1.82, 2.24) is 9.62 Å². The van der Waals surface area contributed by atoms with E-state index in [2.05, 4.69) is 9.62 Å². The van der Waals surface area contributed by atoms with E-state index in [9.17, 15) is 12.8 Å². The zero-order valence-electron chi connectivity index (χ0n) is 16.3. The van der Waals surface area contributed by atoms with Crippen LogP contribution in [-0.4, -0.2) is 40.1 Å². The molecule has 0 spiro atoms. The topological polar surface area (TPSA) is 58.6 Å². The number of nitrogens with zero attached hydrogens (tertiary/aromatic N) is 1. The Morgan fingerprint density at radius 3 is 2.57 bits per heavy atom. The van der Waals surface area contributed by atoms with Crippen molar-refractivity contribution in [2.45, 2.75) is 37.1 Å². The van der Waals surface area contributed by atoms with Crippen molar-refractivity contribution in [3.8, 4) is 5.75 Å². The summed E-state index contributed by atoms with van der Waals surface area (Å²) in [7, 11) is -2.21. The van der Waals surface area contributed by atoms with Crippen LogP contribution in [0.5, 0.6) is 5.75 Å². The number of piperidine rings is 1. The Balaban J connectivity index is 1.88. The van der Waals surface area contributed by atoms with Crippen LogP contribution in [0.15, 0.2) is 47.4 Å². The smallest absolute Gasteiger partial charge is 0.240 e. The molecule has 152 valence electrons. The van der Waals surface area contributed by atoms with Crippen LogP contribution < -0.4 is 9.46 Å². The van der Waals surface area contributed by atoms with Crippen LogP contribution in [0.4, 0.5) is 4.39 Å². The number of benzene rings is 2. The fourth-order valence-electron chi connectivity index (χ4n) is 3.74. The van der Waals surface area contributed by atoms with Gasteiger partial charge in [-0.3, -0.25) is 4.90 Å². The molecule has 0 aliphatic carbocycles. The molecular formula is C21H27FN2O3S. The lowest BCUT2D eigenvalue weighted by Crippen LogP contribution is -2.40. The number of halogens is 1. The number of hydrogen-bond acceptors (Lipinski definition) is 4. The molecule has 1 unspecified atom stereocenters. The van der Waals surface area contributed by atoms with Gasteiger partial charge >= 0.3 is 0 Å². The van der Waals surface area contributed by atoms with E-state index in [1.54, 1.807) is 14.0 Å². The summed E-state index contributed by atoms with van der Waals surface area (Å²) in [5.74, 6) is 0.169. The second kappa shape index (κ2) is 9.03. The molecular weight excluding hydrogens is 379 g/mol. The zero-order chi connectivity index (χ0) is 20.1. The van der Waals surface area contributed by atoms with Gasteiger partial charge in [-0.05, 0) is 56.6 Å². The average molecular weight is 407 g/mol. The first-order chi connectivity index (χ1) is 13.4. The number of ether oxygens (including phenoxy) is 1. The van der Waals surface area contributed by atoms with Gasteiger partial charge in [-0.2, -0.15) is 0 Å². The summed E-state index contributed by atoms with van der Waals surface area (Å²) < 4.78 is 47.5.